The third-order valence-corrected chi connectivity index (χ3v) is 6.22. The van der Waals surface area contributed by atoms with Crippen LogP contribution in [0.3, 0.4) is 0 Å². The lowest BCUT2D eigenvalue weighted by molar-refractivity contribution is -0.120. The molecule has 0 radical (unpaired) electrons. The van der Waals surface area contributed by atoms with Crippen LogP contribution < -0.4 is 15.0 Å². The van der Waals surface area contributed by atoms with Crippen LogP contribution in [-0.4, -0.2) is 42.6 Å². The first-order valence-corrected chi connectivity index (χ1v) is 11.6. The second kappa shape index (κ2) is 9.83. The summed E-state index contributed by atoms with van der Waals surface area (Å²) in [4.78, 5) is 16.1. The van der Waals surface area contributed by atoms with Crippen LogP contribution >= 0.6 is 11.8 Å². The molecule has 2 aromatic carbocycles. The summed E-state index contributed by atoms with van der Waals surface area (Å²) in [5.74, 6) is 1.60. The van der Waals surface area contributed by atoms with Gasteiger partial charge < -0.3 is 15.0 Å². The summed E-state index contributed by atoms with van der Waals surface area (Å²) in [5, 5.41) is 11.9. The number of hydrogen-bond acceptors (Lipinski definition) is 6. The molecule has 31 heavy (non-hydrogen) atoms. The topological polar surface area (TPSA) is 67.3 Å². The van der Waals surface area contributed by atoms with Gasteiger partial charge in [0.25, 0.3) is 0 Å². The molecule has 1 saturated heterocycles. The third kappa shape index (κ3) is 5.17. The fourth-order valence-corrected chi connectivity index (χ4v) is 4.21. The number of ether oxygens (including phenoxy) is 1. The summed E-state index contributed by atoms with van der Waals surface area (Å²) in [7, 11) is 1.65. The van der Waals surface area contributed by atoms with Gasteiger partial charge in [0.15, 0.2) is 5.82 Å². The van der Waals surface area contributed by atoms with E-state index in [1.54, 1.807) is 18.9 Å². The van der Waals surface area contributed by atoms with Crippen LogP contribution in [0.15, 0.2) is 65.6 Å². The van der Waals surface area contributed by atoms with Crippen molar-refractivity contribution in [2.24, 2.45) is 5.92 Å². The van der Waals surface area contributed by atoms with Crippen LogP contribution in [-0.2, 0) is 4.79 Å². The summed E-state index contributed by atoms with van der Waals surface area (Å²) in [5.41, 5.74) is 2.65. The molecule has 1 aromatic heterocycles. The Labute approximate surface area is 187 Å². The highest BCUT2D eigenvalue weighted by molar-refractivity contribution is 7.98. The second-order valence-electron chi connectivity index (χ2n) is 7.51. The largest absolute Gasteiger partial charge is 0.497 e. The highest BCUT2D eigenvalue weighted by Crippen LogP contribution is 2.26. The van der Waals surface area contributed by atoms with Gasteiger partial charge >= 0.3 is 0 Å². The van der Waals surface area contributed by atoms with Crippen molar-refractivity contribution in [2.45, 2.75) is 17.7 Å². The number of benzene rings is 2. The van der Waals surface area contributed by atoms with Gasteiger partial charge in [-0.25, -0.2) is 0 Å². The molecule has 1 aliphatic rings. The van der Waals surface area contributed by atoms with E-state index in [9.17, 15) is 4.79 Å². The lowest BCUT2D eigenvalue weighted by atomic mass is 9.97. The number of carbonyl (C=O) groups excluding carboxylic acids is 1. The molecule has 4 rings (SSSR count). The van der Waals surface area contributed by atoms with Gasteiger partial charge in [-0.05, 0) is 73.7 Å². The standard InChI is InChI=1S/C24H26N4O2S/c1-30-20-10-8-17(9-11-20)22-12-13-23(27-26-22)28-14-4-5-18(16-28)24(29)25-19-6-3-7-21(15-19)31-2/h3,6-13,15,18H,4-5,14,16H2,1-2H3,(H,25,29). The number of nitrogens with one attached hydrogen (secondary N) is 1. The first kappa shape index (κ1) is 21.2. The number of thioether (sulfide) groups is 1. The van der Waals surface area contributed by atoms with Gasteiger partial charge in [0.2, 0.25) is 5.91 Å². The average molecular weight is 435 g/mol. The van der Waals surface area contributed by atoms with Crippen LogP contribution in [0.4, 0.5) is 11.5 Å². The molecule has 2 heterocycles. The number of nitrogens with zero attached hydrogens (tertiary/aromatic N) is 3. The lowest BCUT2D eigenvalue weighted by Crippen LogP contribution is -2.41. The van der Waals surface area contributed by atoms with Gasteiger partial charge in [0.1, 0.15) is 5.75 Å². The zero-order valence-electron chi connectivity index (χ0n) is 17.7. The predicted molar refractivity (Wildman–Crippen MR) is 126 cm³/mol. The van der Waals surface area contributed by atoms with Crippen LogP contribution in [0.25, 0.3) is 11.3 Å². The van der Waals surface area contributed by atoms with E-state index in [0.29, 0.717) is 6.54 Å². The Balaban J connectivity index is 1.41. The number of amides is 1. The van der Waals surface area contributed by atoms with E-state index in [0.717, 1.165) is 52.8 Å². The van der Waals surface area contributed by atoms with E-state index in [-0.39, 0.29) is 11.8 Å². The van der Waals surface area contributed by atoms with Crippen LogP contribution in [0, 0.1) is 5.92 Å². The lowest BCUT2D eigenvalue weighted by Gasteiger charge is -2.32. The van der Waals surface area contributed by atoms with Gasteiger partial charge in [0.05, 0.1) is 18.7 Å². The minimum atomic E-state index is -0.0743. The summed E-state index contributed by atoms with van der Waals surface area (Å²) in [6.45, 7) is 1.52. The second-order valence-corrected chi connectivity index (χ2v) is 8.39. The van der Waals surface area contributed by atoms with E-state index in [2.05, 4.69) is 20.4 Å². The number of rotatable bonds is 6. The van der Waals surface area contributed by atoms with Gasteiger partial charge in [-0.2, -0.15) is 0 Å². The number of methoxy groups -OCH3 is 1. The number of hydrogen-bond donors (Lipinski definition) is 1. The molecule has 1 atom stereocenters. The molecule has 160 valence electrons. The Hall–Kier alpha value is -3.06. The van der Waals surface area contributed by atoms with Crippen molar-refractivity contribution in [3.05, 3.63) is 60.7 Å². The molecule has 1 unspecified atom stereocenters. The number of anilines is 2. The van der Waals surface area contributed by atoms with Gasteiger partial charge in [0, 0.05) is 29.2 Å². The molecule has 1 fully saturated rings. The predicted octanol–water partition coefficient (Wildman–Crippen LogP) is 4.73. The van der Waals surface area contributed by atoms with Crippen molar-refractivity contribution in [3.8, 4) is 17.0 Å². The molecule has 0 bridgehead atoms. The normalized spacial score (nSPS) is 16.1. The van der Waals surface area contributed by atoms with Crippen molar-refractivity contribution in [3.63, 3.8) is 0 Å². The molecular formula is C24H26N4O2S. The Morgan fingerprint density at radius 3 is 2.68 bits per heavy atom. The molecule has 0 saturated carbocycles. The summed E-state index contributed by atoms with van der Waals surface area (Å²) in [6, 6.07) is 19.7. The van der Waals surface area contributed by atoms with Crippen molar-refractivity contribution in [2.75, 3.05) is 36.7 Å². The van der Waals surface area contributed by atoms with Gasteiger partial charge in [-0.15, -0.1) is 22.0 Å². The van der Waals surface area contributed by atoms with Crippen LogP contribution in [0.1, 0.15) is 12.8 Å². The quantitative estimate of drug-likeness (QED) is 0.566. The average Bonchev–Trinajstić information content (AvgIpc) is 2.84. The Bertz CT molecular complexity index is 1020. The highest BCUT2D eigenvalue weighted by atomic mass is 32.2. The van der Waals surface area contributed by atoms with Crippen LogP contribution in [0.5, 0.6) is 5.75 Å². The fraction of sp³-hybridized carbons (Fsp3) is 0.292. The maximum atomic E-state index is 12.8. The van der Waals surface area contributed by atoms with Gasteiger partial charge in [-0.1, -0.05) is 6.07 Å². The summed E-state index contributed by atoms with van der Waals surface area (Å²) >= 11 is 1.66. The van der Waals surface area contributed by atoms with Crippen molar-refractivity contribution in [1.29, 1.82) is 0 Å². The number of carbonyl (C=O) groups is 1. The maximum absolute atomic E-state index is 12.8. The molecule has 0 spiro atoms. The Morgan fingerprint density at radius 2 is 1.97 bits per heavy atom. The number of aromatic nitrogens is 2. The first-order chi connectivity index (χ1) is 15.2. The van der Waals surface area contributed by atoms with E-state index < -0.39 is 0 Å². The van der Waals surface area contributed by atoms with E-state index in [1.165, 1.54) is 0 Å². The fourth-order valence-electron chi connectivity index (χ4n) is 3.75. The Morgan fingerprint density at radius 1 is 1.13 bits per heavy atom. The maximum Gasteiger partial charge on any atom is 0.229 e. The molecule has 1 N–H and O–H groups in total. The zero-order chi connectivity index (χ0) is 21.6. The van der Waals surface area contributed by atoms with E-state index in [1.807, 2.05) is 66.9 Å². The van der Waals surface area contributed by atoms with Crippen LogP contribution in [0.2, 0.25) is 0 Å². The monoisotopic (exact) mass is 434 g/mol. The van der Waals surface area contributed by atoms with E-state index in [4.69, 9.17) is 4.74 Å². The van der Waals surface area contributed by atoms with Crippen molar-refractivity contribution >= 4 is 29.2 Å². The number of piperidine rings is 1. The highest BCUT2D eigenvalue weighted by Gasteiger charge is 2.27. The summed E-state index contributed by atoms with van der Waals surface area (Å²) in [6.07, 6.45) is 3.85. The summed E-state index contributed by atoms with van der Waals surface area (Å²) < 4.78 is 5.21. The molecule has 1 amide bonds. The van der Waals surface area contributed by atoms with Crippen molar-refractivity contribution in [1.82, 2.24) is 10.2 Å². The van der Waals surface area contributed by atoms with Crippen molar-refractivity contribution < 1.29 is 9.53 Å². The minimum absolute atomic E-state index is 0.0609. The minimum Gasteiger partial charge on any atom is -0.497 e. The molecule has 7 heteroatoms. The SMILES string of the molecule is COc1ccc(-c2ccc(N3CCCC(C(=O)Nc4cccc(SC)c4)C3)nn2)cc1. The molecule has 1 aliphatic heterocycles. The van der Waals surface area contributed by atoms with Gasteiger partial charge in [-0.3, -0.25) is 4.79 Å². The molecule has 0 aliphatic carbocycles. The smallest absolute Gasteiger partial charge is 0.229 e. The molecule has 6 nitrogen and oxygen atoms in total. The van der Waals surface area contributed by atoms with E-state index >= 15 is 0 Å². The first-order valence-electron chi connectivity index (χ1n) is 10.3. The zero-order valence-corrected chi connectivity index (χ0v) is 18.6. The molecule has 3 aromatic rings. The Kier molecular flexibility index (Phi) is 6.72. The molecular weight excluding hydrogens is 408 g/mol. The third-order valence-electron chi connectivity index (χ3n) is 5.49.